The summed E-state index contributed by atoms with van der Waals surface area (Å²) in [4.78, 5) is 19.7. The second-order valence-electron chi connectivity index (χ2n) is 9.04. The Morgan fingerprint density at radius 2 is 1.93 bits per heavy atom. The Bertz CT molecular complexity index is 674. The van der Waals surface area contributed by atoms with Gasteiger partial charge in [0, 0.05) is 25.7 Å². The van der Waals surface area contributed by atoms with Gasteiger partial charge in [0.05, 0.1) is 12.6 Å². The van der Waals surface area contributed by atoms with Crippen LogP contribution in [0.25, 0.3) is 0 Å². The zero-order valence-electron chi connectivity index (χ0n) is 18.0. The van der Waals surface area contributed by atoms with E-state index in [9.17, 15) is 4.79 Å². The van der Waals surface area contributed by atoms with Crippen molar-refractivity contribution in [2.45, 2.75) is 70.5 Å². The van der Waals surface area contributed by atoms with Crippen LogP contribution in [0.15, 0.2) is 24.3 Å². The van der Waals surface area contributed by atoms with Crippen molar-refractivity contribution in [3.05, 3.63) is 29.8 Å². The topological polar surface area (TPSA) is 36.0 Å². The molecule has 29 heavy (non-hydrogen) atoms. The Morgan fingerprint density at radius 3 is 2.79 bits per heavy atom. The number of likely N-dealkylation sites (tertiary alicyclic amines) is 1. The third kappa shape index (κ3) is 5.32. The summed E-state index contributed by atoms with van der Waals surface area (Å²) in [5.74, 6) is 1.26. The average molecular weight is 400 g/mol. The van der Waals surface area contributed by atoms with Gasteiger partial charge in [-0.2, -0.15) is 0 Å². The van der Waals surface area contributed by atoms with Gasteiger partial charge in [0.25, 0.3) is 0 Å². The minimum absolute atomic E-state index is 0.0243. The molecule has 5 heteroatoms. The third-order valence-corrected chi connectivity index (χ3v) is 6.88. The molecule has 0 radical (unpaired) electrons. The zero-order valence-corrected chi connectivity index (χ0v) is 18.0. The van der Waals surface area contributed by atoms with Crippen molar-refractivity contribution in [2.75, 3.05) is 39.3 Å². The summed E-state index contributed by atoms with van der Waals surface area (Å²) in [6.45, 7) is 9.37. The fourth-order valence-electron chi connectivity index (χ4n) is 5.12. The Morgan fingerprint density at radius 1 is 1.07 bits per heavy atom. The molecule has 0 unspecified atom stereocenters. The Balaban J connectivity index is 1.22. The molecule has 3 aliphatic rings. The van der Waals surface area contributed by atoms with Crippen LogP contribution in [0.5, 0.6) is 5.75 Å². The summed E-state index contributed by atoms with van der Waals surface area (Å²) in [6, 6.07) is 8.83. The van der Waals surface area contributed by atoms with E-state index in [0.29, 0.717) is 11.9 Å². The minimum Gasteiger partial charge on any atom is -0.494 e. The second kappa shape index (κ2) is 9.94. The number of carbonyl (C=O) groups is 1. The van der Waals surface area contributed by atoms with Crippen LogP contribution in [0.3, 0.4) is 0 Å². The molecule has 3 heterocycles. The monoisotopic (exact) mass is 399 g/mol. The average Bonchev–Trinajstić information content (AvgIpc) is 3.21. The molecular weight excluding hydrogens is 362 g/mol. The lowest BCUT2D eigenvalue weighted by Gasteiger charge is -2.41. The summed E-state index contributed by atoms with van der Waals surface area (Å²) in [7, 11) is 0. The Hall–Kier alpha value is -1.59. The minimum atomic E-state index is -0.0243. The lowest BCUT2D eigenvalue weighted by molar-refractivity contribution is -0.143. The molecule has 3 saturated heterocycles. The van der Waals surface area contributed by atoms with Crippen LogP contribution >= 0.6 is 0 Å². The Labute approximate surface area is 176 Å². The van der Waals surface area contributed by atoms with E-state index >= 15 is 0 Å². The molecule has 0 spiro atoms. The first-order valence-corrected chi connectivity index (χ1v) is 11.7. The lowest BCUT2D eigenvalue weighted by atomic mass is 10.1. The summed E-state index contributed by atoms with van der Waals surface area (Å²) in [5.41, 5.74) is 1.24. The van der Waals surface area contributed by atoms with Crippen molar-refractivity contribution in [1.82, 2.24) is 14.7 Å². The van der Waals surface area contributed by atoms with Crippen LogP contribution in [0.2, 0.25) is 0 Å². The number of rotatable bonds is 8. The van der Waals surface area contributed by atoms with Crippen LogP contribution in [-0.4, -0.2) is 72.0 Å². The summed E-state index contributed by atoms with van der Waals surface area (Å²) in [5, 5.41) is 0. The van der Waals surface area contributed by atoms with Crippen molar-refractivity contribution in [1.29, 1.82) is 0 Å². The first-order chi connectivity index (χ1) is 14.2. The van der Waals surface area contributed by atoms with Gasteiger partial charge in [-0.15, -0.1) is 0 Å². The Kier molecular flexibility index (Phi) is 7.09. The van der Waals surface area contributed by atoms with Crippen LogP contribution in [0.1, 0.15) is 57.4 Å². The van der Waals surface area contributed by atoms with Crippen LogP contribution in [0.4, 0.5) is 0 Å². The number of unbranched alkanes of at least 4 members (excludes halogenated alkanes) is 1. The smallest absolute Gasteiger partial charge is 0.239 e. The van der Waals surface area contributed by atoms with E-state index in [1.54, 1.807) is 0 Å². The van der Waals surface area contributed by atoms with Gasteiger partial charge >= 0.3 is 0 Å². The molecule has 160 valence electrons. The zero-order chi connectivity index (χ0) is 20.1. The number of carbonyl (C=O) groups excluding carboxylic acids is 1. The van der Waals surface area contributed by atoms with Crippen molar-refractivity contribution >= 4 is 5.91 Å². The van der Waals surface area contributed by atoms with E-state index in [0.717, 1.165) is 51.3 Å². The number of hydrogen-bond acceptors (Lipinski definition) is 4. The first-order valence-electron chi connectivity index (χ1n) is 11.7. The van der Waals surface area contributed by atoms with Gasteiger partial charge in [-0.3, -0.25) is 9.69 Å². The molecule has 0 aliphatic carbocycles. The largest absolute Gasteiger partial charge is 0.494 e. The summed E-state index contributed by atoms with van der Waals surface area (Å²) >= 11 is 0. The van der Waals surface area contributed by atoms with E-state index in [4.69, 9.17) is 4.74 Å². The molecule has 1 amide bonds. The van der Waals surface area contributed by atoms with Gasteiger partial charge < -0.3 is 14.5 Å². The highest BCUT2D eigenvalue weighted by molar-refractivity contribution is 5.83. The highest BCUT2D eigenvalue weighted by Crippen LogP contribution is 2.27. The molecule has 0 saturated carbocycles. The number of piperazine rings is 1. The van der Waals surface area contributed by atoms with Crippen LogP contribution in [-0.2, 0) is 11.3 Å². The van der Waals surface area contributed by atoms with Gasteiger partial charge in [-0.25, -0.2) is 0 Å². The highest BCUT2D eigenvalue weighted by Gasteiger charge is 2.39. The molecule has 1 aromatic carbocycles. The number of hydrogen-bond donors (Lipinski definition) is 0. The molecule has 0 aromatic heterocycles. The van der Waals surface area contributed by atoms with Crippen molar-refractivity contribution in [3.8, 4) is 5.75 Å². The number of piperidine rings is 1. The van der Waals surface area contributed by atoms with Crippen LogP contribution < -0.4 is 4.74 Å². The number of amides is 1. The van der Waals surface area contributed by atoms with Gasteiger partial charge in [-0.1, -0.05) is 18.6 Å². The second-order valence-corrected chi connectivity index (χ2v) is 9.04. The number of ether oxygens (including phenoxy) is 1. The molecule has 5 nitrogen and oxygen atoms in total. The molecule has 4 rings (SSSR count). The van der Waals surface area contributed by atoms with E-state index in [2.05, 4.69) is 45.9 Å². The first kappa shape index (κ1) is 20.7. The maximum atomic E-state index is 12.6. The standard InChI is InChI=1S/C24H37N3O2/c1-20-24(28)27-15-8-10-22(27)19-26(20)18-21-9-7-11-23(17-21)29-16-6-5-14-25-12-3-2-4-13-25/h7,9,11,17,20,22H,2-6,8,10,12-16,18-19H2,1H3/t20-,22-/m0/s1. The lowest BCUT2D eigenvalue weighted by Crippen LogP contribution is -2.58. The van der Waals surface area contributed by atoms with Crippen molar-refractivity contribution < 1.29 is 9.53 Å². The molecule has 3 fully saturated rings. The van der Waals surface area contributed by atoms with Gasteiger partial charge in [0.1, 0.15) is 5.75 Å². The number of benzene rings is 1. The van der Waals surface area contributed by atoms with E-state index in [1.807, 2.05) is 0 Å². The molecule has 2 atom stereocenters. The normalized spacial score (nSPS) is 26.0. The highest BCUT2D eigenvalue weighted by atomic mass is 16.5. The van der Waals surface area contributed by atoms with Crippen LogP contribution in [0, 0.1) is 0 Å². The molecule has 1 aromatic rings. The quantitative estimate of drug-likeness (QED) is 0.627. The summed E-state index contributed by atoms with van der Waals surface area (Å²) < 4.78 is 6.03. The van der Waals surface area contributed by atoms with E-state index in [-0.39, 0.29) is 6.04 Å². The van der Waals surface area contributed by atoms with Gasteiger partial charge in [0.2, 0.25) is 5.91 Å². The maximum absolute atomic E-state index is 12.6. The van der Waals surface area contributed by atoms with E-state index < -0.39 is 0 Å². The third-order valence-electron chi connectivity index (χ3n) is 6.88. The number of nitrogens with zero attached hydrogens (tertiary/aromatic N) is 3. The van der Waals surface area contributed by atoms with Crippen molar-refractivity contribution in [3.63, 3.8) is 0 Å². The van der Waals surface area contributed by atoms with Crippen molar-refractivity contribution in [2.24, 2.45) is 0 Å². The molecular formula is C24H37N3O2. The fourth-order valence-corrected chi connectivity index (χ4v) is 5.12. The SMILES string of the molecule is C[C@H]1C(=O)N2CCC[C@H]2CN1Cc1cccc(OCCCCN2CCCCC2)c1. The predicted molar refractivity (Wildman–Crippen MR) is 116 cm³/mol. The fraction of sp³-hybridized carbons (Fsp3) is 0.708. The predicted octanol–water partition coefficient (Wildman–Crippen LogP) is 3.53. The molecule has 0 N–H and O–H groups in total. The molecule has 0 bridgehead atoms. The van der Waals surface area contributed by atoms with Gasteiger partial charge in [-0.05, 0) is 82.8 Å². The molecule has 3 aliphatic heterocycles. The summed E-state index contributed by atoms with van der Waals surface area (Å²) in [6.07, 6.45) is 8.75. The maximum Gasteiger partial charge on any atom is 0.239 e. The van der Waals surface area contributed by atoms with Gasteiger partial charge in [0.15, 0.2) is 0 Å². The number of fused-ring (bicyclic) bond motifs is 1. The van der Waals surface area contributed by atoms with E-state index in [1.165, 1.54) is 50.9 Å².